The zero-order chi connectivity index (χ0) is 15.5. The van der Waals surface area contributed by atoms with Gasteiger partial charge in [0.15, 0.2) is 0 Å². The fraction of sp³-hybridized carbons (Fsp3) is 0.500. The van der Waals surface area contributed by atoms with Gasteiger partial charge in [-0.1, -0.05) is 23.2 Å². The molecule has 0 saturated heterocycles. The first-order valence-electron chi connectivity index (χ1n) is 5.99. The second kappa shape index (κ2) is 6.95. The predicted octanol–water partition coefficient (Wildman–Crippen LogP) is 2.62. The second-order valence-corrected chi connectivity index (χ2v) is 7.32. The van der Waals surface area contributed by atoms with Crippen LogP contribution in [-0.4, -0.2) is 39.0 Å². The van der Waals surface area contributed by atoms with Crippen LogP contribution in [0.25, 0.3) is 0 Å². The van der Waals surface area contributed by atoms with Crippen LogP contribution in [0.5, 0.6) is 0 Å². The monoisotopic (exact) mass is 340 g/mol. The molecule has 0 saturated carbocycles. The molecule has 0 heterocycles. The molecule has 1 rings (SSSR count). The van der Waals surface area contributed by atoms with Gasteiger partial charge in [-0.15, -0.1) is 0 Å². The van der Waals surface area contributed by atoms with Crippen molar-refractivity contribution in [3.63, 3.8) is 0 Å². The third-order valence-electron chi connectivity index (χ3n) is 2.64. The molecule has 2 N–H and O–H groups in total. The Labute approximate surface area is 129 Å². The molecule has 0 spiro atoms. The highest BCUT2D eigenvalue weighted by Gasteiger charge is 2.25. The number of nitrogen functional groups attached to an aromatic ring is 1. The molecule has 1 aromatic carbocycles. The zero-order valence-electron chi connectivity index (χ0n) is 11.6. The number of ether oxygens (including phenoxy) is 1. The van der Waals surface area contributed by atoms with E-state index in [0.717, 1.165) is 0 Å². The third-order valence-corrected chi connectivity index (χ3v) is 5.38. The summed E-state index contributed by atoms with van der Waals surface area (Å²) in [6, 6.07) is 2.75. The van der Waals surface area contributed by atoms with Crippen LogP contribution in [0.4, 0.5) is 5.69 Å². The lowest BCUT2D eigenvalue weighted by molar-refractivity contribution is 0.0737. The number of hydrogen-bond acceptors (Lipinski definition) is 4. The van der Waals surface area contributed by atoms with E-state index < -0.39 is 10.0 Å². The number of halogens is 2. The number of rotatable bonds is 6. The molecular formula is C12H18Cl2N2O3S. The van der Waals surface area contributed by atoms with Gasteiger partial charge in [-0.3, -0.25) is 0 Å². The van der Waals surface area contributed by atoms with E-state index in [9.17, 15) is 8.42 Å². The number of nitrogens with zero attached hydrogens (tertiary/aromatic N) is 1. The zero-order valence-corrected chi connectivity index (χ0v) is 13.9. The number of nitrogens with two attached hydrogens (primary N) is 1. The summed E-state index contributed by atoms with van der Waals surface area (Å²) < 4.78 is 31.3. The summed E-state index contributed by atoms with van der Waals surface area (Å²) in [6.07, 6.45) is 0.0425. The van der Waals surface area contributed by atoms with Crippen molar-refractivity contribution in [3.8, 4) is 0 Å². The lowest BCUT2D eigenvalue weighted by Crippen LogP contribution is -2.31. The molecule has 0 aromatic heterocycles. The molecule has 114 valence electrons. The van der Waals surface area contributed by atoms with Crippen LogP contribution in [0.15, 0.2) is 17.0 Å². The van der Waals surface area contributed by atoms with Crippen LogP contribution < -0.4 is 5.73 Å². The molecule has 0 aliphatic carbocycles. The first-order valence-corrected chi connectivity index (χ1v) is 8.19. The van der Waals surface area contributed by atoms with Crippen molar-refractivity contribution < 1.29 is 13.2 Å². The Hall–Kier alpha value is -0.530. The van der Waals surface area contributed by atoms with Crippen molar-refractivity contribution in [2.45, 2.75) is 24.8 Å². The number of benzene rings is 1. The van der Waals surface area contributed by atoms with Crippen molar-refractivity contribution in [1.82, 2.24) is 4.31 Å². The van der Waals surface area contributed by atoms with Gasteiger partial charge in [-0.2, -0.15) is 4.31 Å². The van der Waals surface area contributed by atoms with Gasteiger partial charge in [-0.05, 0) is 26.0 Å². The largest absolute Gasteiger partial charge is 0.396 e. The molecule has 0 fully saturated rings. The van der Waals surface area contributed by atoms with Gasteiger partial charge in [-0.25, -0.2) is 8.42 Å². The van der Waals surface area contributed by atoms with Crippen molar-refractivity contribution in [1.29, 1.82) is 0 Å². The molecule has 20 heavy (non-hydrogen) atoms. The minimum absolute atomic E-state index is 0.0425. The van der Waals surface area contributed by atoms with E-state index in [0.29, 0.717) is 6.61 Å². The molecule has 5 nitrogen and oxygen atoms in total. The SMILES string of the molecule is CC(C)OCCN(C)S(=O)(=O)c1ccc(Cl)c(N)c1Cl. The fourth-order valence-electron chi connectivity index (χ4n) is 1.45. The molecule has 0 aliphatic rings. The van der Waals surface area contributed by atoms with E-state index in [1.807, 2.05) is 13.8 Å². The van der Waals surface area contributed by atoms with Crippen molar-refractivity contribution >= 4 is 38.9 Å². The first kappa shape index (κ1) is 17.5. The summed E-state index contributed by atoms with van der Waals surface area (Å²) in [4.78, 5) is -0.0619. The van der Waals surface area contributed by atoms with Crippen molar-refractivity contribution in [2.75, 3.05) is 25.9 Å². The molecule has 8 heteroatoms. The van der Waals surface area contributed by atoms with E-state index in [2.05, 4.69) is 0 Å². The Bertz CT molecular complexity index is 576. The number of anilines is 1. The van der Waals surface area contributed by atoms with Crippen molar-refractivity contribution in [3.05, 3.63) is 22.2 Å². The maximum Gasteiger partial charge on any atom is 0.244 e. The Balaban J connectivity index is 2.96. The molecule has 0 aliphatic heterocycles. The molecule has 0 atom stereocenters. The maximum atomic E-state index is 12.4. The third kappa shape index (κ3) is 3.99. The lowest BCUT2D eigenvalue weighted by atomic mass is 10.3. The Kier molecular flexibility index (Phi) is 6.09. The van der Waals surface area contributed by atoms with Crippen LogP contribution >= 0.6 is 23.2 Å². The molecular weight excluding hydrogens is 323 g/mol. The van der Waals surface area contributed by atoms with Gasteiger partial charge in [0.1, 0.15) is 4.90 Å². The fourth-order valence-corrected chi connectivity index (χ4v) is 3.34. The van der Waals surface area contributed by atoms with Gasteiger partial charge in [0.25, 0.3) is 0 Å². The highest BCUT2D eigenvalue weighted by molar-refractivity contribution is 7.89. The Morgan fingerprint density at radius 1 is 1.35 bits per heavy atom. The topological polar surface area (TPSA) is 72.6 Å². The van der Waals surface area contributed by atoms with Crippen LogP contribution in [0.1, 0.15) is 13.8 Å². The van der Waals surface area contributed by atoms with E-state index >= 15 is 0 Å². The summed E-state index contributed by atoms with van der Waals surface area (Å²) in [5, 5.41) is 0.161. The molecule has 0 radical (unpaired) electrons. The van der Waals surface area contributed by atoms with Crippen LogP contribution in [-0.2, 0) is 14.8 Å². The summed E-state index contributed by atoms with van der Waals surface area (Å²) in [6.45, 7) is 4.28. The standard InChI is InChI=1S/C12H18Cl2N2O3S/c1-8(2)19-7-6-16(3)20(17,18)10-5-4-9(13)12(15)11(10)14/h4-5,8H,6-7,15H2,1-3H3. The van der Waals surface area contributed by atoms with E-state index in [4.69, 9.17) is 33.7 Å². The van der Waals surface area contributed by atoms with Gasteiger partial charge in [0, 0.05) is 13.6 Å². The molecule has 0 unspecified atom stereocenters. The average molecular weight is 341 g/mol. The minimum atomic E-state index is -3.72. The Morgan fingerprint density at radius 2 is 1.95 bits per heavy atom. The number of likely N-dealkylation sites (N-methyl/N-ethyl adjacent to an activating group) is 1. The molecule has 0 amide bonds. The highest BCUT2D eigenvalue weighted by Crippen LogP contribution is 2.34. The normalized spacial score (nSPS) is 12.3. The quantitative estimate of drug-likeness (QED) is 0.808. The number of hydrogen-bond donors (Lipinski definition) is 1. The van der Waals surface area contributed by atoms with Crippen LogP contribution in [0, 0.1) is 0 Å². The summed E-state index contributed by atoms with van der Waals surface area (Å²) in [7, 11) is -2.27. The molecule has 0 bridgehead atoms. The number of sulfonamides is 1. The van der Waals surface area contributed by atoms with Crippen LogP contribution in [0.2, 0.25) is 10.0 Å². The average Bonchev–Trinajstić information content (AvgIpc) is 2.35. The van der Waals surface area contributed by atoms with Crippen LogP contribution in [0.3, 0.4) is 0 Å². The smallest absolute Gasteiger partial charge is 0.244 e. The highest BCUT2D eigenvalue weighted by atomic mass is 35.5. The maximum absolute atomic E-state index is 12.4. The summed E-state index contributed by atoms with van der Waals surface area (Å²) in [5.74, 6) is 0. The van der Waals surface area contributed by atoms with E-state index in [-0.39, 0.29) is 33.3 Å². The summed E-state index contributed by atoms with van der Waals surface area (Å²) >= 11 is 11.8. The second-order valence-electron chi connectivity index (χ2n) is 4.52. The van der Waals surface area contributed by atoms with Crippen molar-refractivity contribution in [2.24, 2.45) is 0 Å². The van der Waals surface area contributed by atoms with Gasteiger partial charge in [0.2, 0.25) is 10.0 Å². The first-order chi connectivity index (χ1) is 9.17. The lowest BCUT2D eigenvalue weighted by Gasteiger charge is -2.19. The Morgan fingerprint density at radius 3 is 2.50 bits per heavy atom. The van der Waals surface area contributed by atoms with E-state index in [1.54, 1.807) is 0 Å². The summed E-state index contributed by atoms with van der Waals surface area (Å²) in [5.41, 5.74) is 5.70. The van der Waals surface area contributed by atoms with E-state index in [1.165, 1.54) is 23.5 Å². The minimum Gasteiger partial charge on any atom is -0.396 e. The molecule has 1 aromatic rings. The van der Waals surface area contributed by atoms with Gasteiger partial charge >= 0.3 is 0 Å². The predicted molar refractivity (Wildman–Crippen MR) is 81.8 cm³/mol. The van der Waals surface area contributed by atoms with Gasteiger partial charge < -0.3 is 10.5 Å². The van der Waals surface area contributed by atoms with Gasteiger partial charge in [0.05, 0.1) is 28.4 Å².